The molecule has 4 rings (SSSR count). The summed E-state index contributed by atoms with van der Waals surface area (Å²) in [6.07, 6.45) is 2.46. The molecule has 10 heteroatoms. The number of morpholine rings is 1. The molecule has 10 nitrogen and oxygen atoms in total. The van der Waals surface area contributed by atoms with Crippen LogP contribution in [0.4, 0.5) is 17.1 Å². The monoisotopic (exact) mass is 481 g/mol. The van der Waals surface area contributed by atoms with E-state index in [0.717, 1.165) is 44.6 Å². The van der Waals surface area contributed by atoms with Gasteiger partial charge >= 0.3 is 0 Å². The maximum atomic E-state index is 13.0. The van der Waals surface area contributed by atoms with Gasteiger partial charge in [0.15, 0.2) is 0 Å². The molecule has 35 heavy (non-hydrogen) atoms. The summed E-state index contributed by atoms with van der Waals surface area (Å²) in [6.45, 7) is 5.65. The summed E-state index contributed by atoms with van der Waals surface area (Å²) in [5, 5.41) is 17.1. The molecule has 2 saturated heterocycles. The van der Waals surface area contributed by atoms with Crippen molar-refractivity contribution in [3.05, 3.63) is 63.7 Å². The lowest BCUT2D eigenvalue weighted by molar-refractivity contribution is -0.384. The Kier molecular flexibility index (Phi) is 8.27. The van der Waals surface area contributed by atoms with Gasteiger partial charge in [0, 0.05) is 63.5 Å². The van der Waals surface area contributed by atoms with Crippen molar-refractivity contribution in [3.8, 4) is 0 Å². The van der Waals surface area contributed by atoms with E-state index in [1.165, 1.54) is 12.1 Å². The second kappa shape index (κ2) is 11.8. The van der Waals surface area contributed by atoms with E-state index >= 15 is 0 Å². The third-order valence-corrected chi connectivity index (χ3v) is 6.30. The minimum Gasteiger partial charge on any atom is -0.379 e. The smallest absolute Gasteiger partial charge is 0.270 e. The molecule has 0 radical (unpaired) electrons. The first-order valence-electron chi connectivity index (χ1n) is 12.0. The summed E-state index contributed by atoms with van der Waals surface area (Å²) in [7, 11) is 0. The SMILES string of the molecule is O=C(CCN1CCOCC1)Nc1cccc(CNC(=O)c2cc([N+](=O)[O-])ccc2N2CCCC2)c1. The van der Waals surface area contributed by atoms with Crippen LogP contribution in [0.25, 0.3) is 0 Å². The largest absolute Gasteiger partial charge is 0.379 e. The zero-order valence-corrected chi connectivity index (χ0v) is 19.7. The van der Waals surface area contributed by atoms with Crippen LogP contribution in [0.2, 0.25) is 0 Å². The number of ether oxygens (including phenoxy) is 1. The van der Waals surface area contributed by atoms with E-state index in [4.69, 9.17) is 4.74 Å². The van der Waals surface area contributed by atoms with Crippen molar-refractivity contribution in [2.75, 3.05) is 56.2 Å². The number of non-ortho nitro benzene ring substituents is 1. The van der Waals surface area contributed by atoms with Crippen LogP contribution in [0.1, 0.15) is 35.2 Å². The van der Waals surface area contributed by atoms with Crippen molar-refractivity contribution >= 4 is 28.9 Å². The lowest BCUT2D eigenvalue weighted by Gasteiger charge is -2.26. The maximum absolute atomic E-state index is 13.0. The minimum atomic E-state index is -0.490. The number of hydrogen-bond acceptors (Lipinski definition) is 7. The average Bonchev–Trinajstić information content (AvgIpc) is 3.41. The Morgan fingerprint density at radius 2 is 1.80 bits per heavy atom. The van der Waals surface area contributed by atoms with Gasteiger partial charge in [0.2, 0.25) is 5.91 Å². The first kappa shape index (κ1) is 24.6. The van der Waals surface area contributed by atoms with Gasteiger partial charge in [-0.2, -0.15) is 0 Å². The standard InChI is InChI=1S/C25H31N5O5/c31-24(8-11-28-12-14-35-15-13-28)27-20-5-3-4-19(16-20)18-26-25(32)22-17-21(30(33)34)6-7-23(22)29-9-1-2-10-29/h3-7,16-17H,1-2,8-15,18H2,(H,26,32)(H,27,31). The normalized spacial score (nSPS) is 16.2. The Morgan fingerprint density at radius 3 is 2.54 bits per heavy atom. The van der Waals surface area contributed by atoms with Gasteiger partial charge < -0.3 is 20.3 Å². The number of nitrogens with zero attached hydrogens (tertiary/aromatic N) is 3. The molecule has 2 heterocycles. The van der Waals surface area contributed by atoms with Crippen molar-refractivity contribution in [1.29, 1.82) is 0 Å². The number of anilines is 2. The number of amides is 2. The highest BCUT2D eigenvalue weighted by molar-refractivity contribution is 6.00. The van der Waals surface area contributed by atoms with Gasteiger partial charge in [-0.15, -0.1) is 0 Å². The number of hydrogen-bond donors (Lipinski definition) is 2. The number of rotatable bonds is 9. The van der Waals surface area contributed by atoms with Crippen LogP contribution in [0.3, 0.4) is 0 Å². The van der Waals surface area contributed by atoms with Crippen LogP contribution in [-0.4, -0.2) is 67.6 Å². The van der Waals surface area contributed by atoms with Crippen LogP contribution >= 0.6 is 0 Å². The fourth-order valence-corrected chi connectivity index (χ4v) is 4.40. The summed E-state index contributed by atoms with van der Waals surface area (Å²) in [5.74, 6) is -0.430. The molecule has 0 bridgehead atoms. The molecule has 0 spiro atoms. The molecule has 0 saturated carbocycles. The van der Waals surface area contributed by atoms with E-state index in [1.807, 2.05) is 24.3 Å². The van der Waals surface area contributed by atoms with Gasteiger partial charge in [-0.1, -0.05) is 12.1 Å². The van der Waals surface area contributed by atoms with E-state index in [-0.39, 0.29) is 24.0 Å². The molecule has 2 aromatic rings. The van der Waals surface area contributed by atoms with E-state index < -0.39 is 4.92 Å². The molecule has 2 N–H and O–H groups in total. The Bertz CT molecular complexity index is 1060. The number of nitrogens with one attached hydrogen (secondary N) is 2. The van der Waals surface area contributed by atoms with Gasteiger partial charge in [-0.3, -0.25) is 24.6 Å². The molecule has 2 aliphatic heterocycles. The maximum Gasteiger partial charge on any atom is 0.270 e. The molecule has 2 aromatic carbocycles. The molecular weight excluding hydrogens is 450 g/mol. The molecule has 0 atom stereocenters. The van der Waals surface area contributed by atoms with Gasteiger partial charge in [0.1, 0.15) is 0 Å². The highest BCUT2D eigenvalue weighted by Gasteiger charge is 2.22. The number of carbonyl (C=O) groups is 2. The van der Waals surface area contributed by atoms with Gasteiger partial charge in [-0.05, 0) is 36.6 Å². The van der Waals surface area contributed by atoms with Crippen molar-refractivity contribution in [1.82, 2.24) is 10.2 Å². The Morgan fingerprint density at radius 1 is 1.03 bits per heavy atom. The molecule has 186 valence electrons. The summed E-state index contributed by atoms with van der Waals surface area (Å²) in [5.41, 5.74) is 2.38. The van der Waals surface area contributed by atoms with Gasteiger partial charge in [0.05, 0.1) is 29.4 Å². The molecule has 0 unspecified atom stereocenters. The van der Waals surface area contributed by atoms with Crippen LogP contribution in [0.15, 0.2) is 42.5 Å². The first-order chi connectivity index (χ1) is 17.0. The van der Waals surface area contributed by atoms with Crippen molar-refractivity contribution in [3.63, 3.8) is 0 Å². The third-order valence-electron chi connectivity index (χ3n) is 6.30. The quantitative estimate of drug-likeness (QED) is 0.418. The lowest BCUT2D eigenvalue weighted by atomic mass is 10.1. The number of benzene rings is 2. The van der Waals surface area contributed by atoms with E-state index in [1.54, 1.807) is 6.07 Å². The predicted molar refractivity (Wildman–Crippen MR) is 133 cm³/mol. The molecule has 0 aliphatic carbocycles. The second-order valence-electron chi connectivity index (χ2n) is 8.79. The van der Waals surface area contributed by atoms with Crippen LogP contribution in [0.5, 0.6) is 0 Å². The predicted octanol–water partition coefficient (Wildman–Crippen LogP) is 2.79. The number of nitro groups is 1. The fourth-order valence-electron chi connectivity index (χ4n) is 4.40. The second-order valence-corrected chi connectivity index (χ2v) is 8.79. The summed E-state index contributed by atoms with van der Waals surface area (Å²) in [6, 6.07) is 11.8. The average molecular weight is 482 g/mol. The van der Waals surface area contributed by atoms with Crippen LogP contribution in [0, 0.1) is 10.1 Å². The lowest BCUT2D eigenvalue weighted by Crippen LogP contribution is -2.38. The highest BCUT2D eigenvalue weighted by atomic mass is 16.6. The molecule has 2 amide bonds. The van der Waals surface area contributed by atoms with Crippen LogP contribution in [-0.2, 0) is 16.1 Å². The van der Waals surface area contributed by atoms with Crippen molar-refractivity contribution in [2.24, 2.45) is 0 Å². The molecular formula is C25H31N5O5. The van der Waals surface area contributed by atoms with Gasteiger partial charge in [-0.25, -0.2) is 0 Å². The summed E-state index contributed by atoms with van der Waals surface area (Å²) in [4.78, 5) is 40.5. The zero-order chi connectivity index (χ0) is 24.6. The van der Waals surface area contributed by atoms with E-state index in [9.17, 15) is 19.7 Å². The van der Waals surface area contributed by atoms with Crippen molar-refractivity contribution < 1.29 is 19.2 Å². The summed E-state index contributed by atoms with van der Waals surface area (Å²) < 4.78 is 5.33. The fraction of sp³-hybridized carbons (Fsp3) is 0.440. The molecule has 2 aliphatic rings. The Balaban J connectivity index is 1.36. The number of nitro benzene ring substituents is 1. The Hall–Kier alpha value is -3.50. The van der Waals surface area contributed by atoms with Gasteiger partial charge in [0.25, 0.3) is 11.6 Å². The minimum absolute atomic E-state index is 0.0653. The first-order valence-corrected chi connectivity index (χ1v) is 12.0. The van der Waals surface area contributed by atoms with E-state index in [0.29, 0.717) is 43.1 Å². The molecule has 0 aromatic heterocycles. The Labute approximate surface area is 204 Å². The van der Waals surface area contributed by atoms with Crippen molar-refractivity contribution in [2.45, 2.75) is 25.8 Å². The van der Waals surface area contributed by atoms with Crippen LogP contribution < -0.4 is 15.5 Å². The van der Waals surface area contributed by atoms with E-state index in [2.05, 4.69) is 20.4 Å². The topological polar surface area (TPSA) is 117 Å². The number of carbonyl (C=O) groups excluding carboxylic acids is 2. The third kappa shape index (κ3) is 6.77. The summed E-state index contributed by atoms with van der Waals surface area (Å²) >= 11 is 0. The molecule has 2 fully saturated rings. The zero-order valence-electron chi connectivity index (χ0n) is 19.7. The highest BCUT2D eigenvalue weighted by Crippen LogP contribution is 2.28.